The van der Waals surface area contributed by atoms with E-state index in [-0.39, 0.29) is 11.8 Å². The summed E-state index contributed by atoms with van der Waals surface area (Å²) in [6.45, 7) is 7.65. The monoisotopic (exact) mass is 362 g/mol. The normalized spacial score (nSPS) is 15.6. The number of rotatable bonds is 9. The molecule has 0 unspecified atom stereocenters. The van der Waals surface area contributed by atoms with Crippen molar-refractivity contribution in [2.75, 3.05) is 59.5 Å². The van der Waals surface area contributed by atoms with E-state index in [9.17, 15) is 9.59 Å². The number of carbonyl (C=O) groups is 2. The Hall–Kier alpha value is -1.96. The van der Waals surface area contributed by atoms with E-state index in [1.807, 2.05) is 31.2 Å². The van der Waals surface area contributed by atoms with Crippen LogP contribution < -0.4 is 10.6 Å². The molecule has 0 radical (unpaired) electrons. The third-order valence-corrected chi connectivity index (χ3v) is 4.56. The van der Waals surface area contributed by atoms with Crippen LogP contribution in [0.25, 0.3) is 0 Å². The molecule has 1 aromatic rings. The van der Waals surface area contributed by atoms with Crippen LogP contribution in [0.15, 0.2) is 24.3 Å². The molecule has 0 saturated carbocycles. The zero-order valence-corrected chi connectivity index (χ0v) is 15.8. The first-order valence-electron chi connectivity index (χ1n) is 9.10. The van der Waals surface area contributed by atoms with Crippen molar-refractivity contribution in [1.82, 2.24) is 20.4 Å². The second-order valence-electron chi connectivity index (χ2n) is 6.60. The Morgan fingerprint density at radius 3 is 2.15 bits per heavy atom. The Bertz CT molecular complexity index is 586. The summed E-state index contributed by atoms with van der Waals surface area (Å²) in [4.78, 5) is 28.2. The molecular formula is C19H30N4O3. The molecule has 2 rings (SSSR count). The summed E-state index contributed by atoms with van der Waals surface area (Å²) in [5.41, 5.74) is 2.33. The van der Waals surface area contributed by atoms with E-state index in [4.69, 9.17) is 4.74 Å². The van der Waals surface area contributed by atoms with Gasteiger partial charge >= 0.3 is 0 Å². The lowest BCUT2D eigenvalue weighted by Crippen LogP contribution is -2.51. The zero-order chi connectivity index (χ0) is 18.8. The van der Waals surface area contributed by atoms with Gasteiger partial charge in [-0.3, -0.25) is 19.4 Å². The summed E-state index contributed by atoms with van der Waals surface area (Å²) < 4.78 is 4.91. The average molecular weight is 362 g/mol. The molecule has 1 saturated heterocycles. The Morgan fingerprint density at radius 1 is 1.00 bits per heavy atom. The maximum Gasteiger partial charge on any atom is 0.234 e. The minimum absolute atomic E-state index is 0.0199. The highest BCUT2D eigenvalue weighted by molar-refractivity contribution is 5.78. The number of nitrogens with one attached hydrogen (secondary N) is 2. The van der Waals surface area contributed by atoms with E-state index < -0.39 is 0 Å². The fraction of sp³-hybridized carbons (Fsp3) is 0.579. The summed E-state index contributed by atoms with van der Waals surface area (Å²) in [6.07, 6.45) is 0. The van der Waals surface area contributed by atoms with E-state index in [2.05, 4.69) is 20.4 Å². The molecule has 0 atom stereocenters. The number of aryl methyl sites for hydroxylation is 1. The quantitative estimate of drug-likeness (QED) is 0.605. The lowest BCUT2D eigenvalue weighted by atomic mass is 10.1. The average Bonchev–Trinajstić information content (AvgIpc) is 2.63. The van der Waals surface area contributed by atoms with Gasteiger partial charge in [-0.25, -0.2) is 0 Å². The smallest absolute Gasteiger partial charge is 0.234 e. The molecule has 1 aliphatic heterocycles. The molecule has 7 nitrogen and oxygen atoms in total. The lowest BCUT2D eigenvalue weighted by molar-refractivity contribution is -0.125. The first-order valence-corrected chi connectivity index (χ1v) is 9.10. The van der Waals surface area contributed by atoms with E-state index in [0.717, 1.165) is 31.7 Å². The molecule has 0 spiro atoms. The van der Waals surface area contributed by atoms with Crippen molar-refractivity contribution >= 4 is 11.8 Å². The van der Waals surface area contributed by atoms with Gasteiger partial charge in [0.15, 0.2) is 0 Å². The molecule has 0 aliphatic carbocycles. The number of hydrogen-bond acceptors (Lipinski definition) is 5. The molecule has 2 amide bonds. The van der Waals surface area contributed by atoms with E-state index in [1.165, 1.54) is 5.56 Å². The van der Waals surface area contributed by atoms with Gasteiger partial charge < -0.3 is 15.4 Å². The fourth-order valence-corrected chi connectivity index (χ4v) is 2.92. The van der Waals surface area contributed by atoms with Crippen molar-refractivity contribution in [2.24, 2.45) is 0 Å². The lowest BCUT2D eigenvalue weighted by Gasteiger charge is -2.33. The minimum Gasteiger partial charge on any atom is -0.383 e. The van der Waals surface area contributed by atoms with Crippen LogP contribution in [0.2, 0.25) is 0 Å². The Labute approximate surface area is 155 Å². The van der Waals surface area contributed by atoms with Gasteiger partial charge in [-0.2, -0.15) is 0 Å². The van der Waals surface area contributed by atoms with E-state index in [0.29, 0.717) is 32.8 Å². The predicted molar refractivity (Wildman–Crippen MR) is 101 cm³/mol. The highest BCUT2D eigenvalue weighted by atomic mass is 16.5. The molecule has 1 heterocycles. The molecule has 0 bridgehead atoms. The molecule has 0 aromatic heterocycles. The van der Waals surface area contributed by atoms with Crippen molar-refractivity contribution in [3.63, 3.8) is 0 Å². The summed E-state index contributed by atoms with van der Waals surface area (Å²) >= 11 is 0. The van der Waals surface area contributed by atoms with E-state index in [1.54, 1.807) is 7.11 Å². The van der Waals surface area contributed by atoms with Crippen LogP contribution in [0.5, 0.6) is 0 Å². The van der Waals surface area contributed by atoms with E-state index >= 15 is 0 Å². The van der Waals surface area contributed by atoms with Gasteiger partial charge in [-0.15, -0.1) is 0 Å². The van der Waals surface area contributed by atoms with Gasteiger partial charge in [0.05, 0.1) is 19.7 Å². The Morgan fingerprint density at radius 2 is 1.58 bits per heavy atom. The van der Waals surface area contributed by atoms with Crippen LogP contribution in [0, 0.1) is 6.92 Å². The highest BCUT2D eigenvalue weighted by Gasteiger charge is 2.20. The molecule has 1 aromatic carbocycles. The standard InChI is InChI=1S/C19H30N4O3/c1-16-5-3-4-6-17(16)13-21-19(25)15-23-10-8-22(9-11-23)14-18(24)20-7-12-26-2/h3-6H,7-15H2,1-2H3,(H,20,24)(H,21,25). The van der Waals surface area contributed by atoms with Crippen molar-refractivity contribution in [3.05, 3.63) is 35.4 Å². The van der Waals surface area contributed by atoms with Crippen LogP contribution in [-0.4, -0.2) is 81.1 Å². The molecule has 144 valence electrons. The summed E-state index contributed by atoms with van der Waals surface area (Å²) in [5.74, 6) is 0.0606. The second kappa shape index (κ2) is 10.9. The summed E-state index contributed by atoms with van der Waals surface area (Å²) in [6, 6.07) is 8.06. The third kappa shape index (κ3) is 7.11. The number of ether oxygens (including phenoxy) is 1. The first-order chi connectivity index (χ1) is 12.6. The van der Waals surface area contributed by atoms with Crippen molar-refractivity contribution in [2.45, 2.75) is 13.5 Å². The fourth-order valence-electron chi connectivity index (χ4n) is 2.92. The first kappa shape index (κ1) is 20.4. The maximum atomic E-state index is 12.2. The van der Waals surface area contributed by atoms with Crippen molar-refractivity contribution in [3.8, 4) is 0 Å². The number of nitrogens with zero attached hydrogens (tertiary/aromatic N) is 2. The van der Waals surface area contributed by atoms with Crippen molar-refractivity contribution < 1.29 is 14.3 Å². The number of benzene rings is 1. The van der Waals surface area contributed by atoms with Gasteiger partial charge in [0.1, 0.15) is 0 Å². The molecule has 26 heavy (non-hydrogen) atoms. The number of methoxy groups -OCH3 is 1. The Balaban J connectivity index is 1.63. The van der Waals surface area contributed by atoms with Crippen LogP contribution >= 0.6 is 0 Å². The van der Waals surface area contributed by atoms with Crippen molar-refractivity contribution in [1.29, 1.82) is 0 Å². The van der Waals surface area contributed by atoms with Gasteiger partial charge in [0, 0.05) is 46.4 Å². The summed E-state index contributed by atoms with van der Waals surface area (Å²) in [5, 5.41) is 5.82. The van der Waals surface area contributed by atoms with Crippen LogP contribution in [0.4, 0.5) is 0 Å². The molecule has 2 N–H and O–H groups in total. The SMILES string of the molecule is COCCNC(=O)CN1CCN(CC(=O)NCc2ccccc2C)CC1. The predicted octanol–water partition coefficient (Wildman–Crippen LogP) is -0.00858. The number of piperazine rings is 1. The topological polar surface area (TPSA) is 73.9 Å². The minimum atomic E-state index is 0.0199. The largest absolute Gasteiger partial charge is 0.383 e. The maximum absolute atomic E-state index is 12.2. The summed E-state index contributed by atoms with van der Waals surface area (Å²) in [7, 11) is 1.61. The number of carbonyl (C=O) groups excluding carboxylic acids is 2. The van der Waals surface area contributed by atoms with Crippen LogP contribution in [0.1, 0.15) is 11.1 Å². The van der Waals surface area contributed by atoms with Gasteiger partial charge in [0.25, 0.3) is 0 Å². The molecule has 1 fully saturated rings. The second-order valence-corrected chi connectivity index (χ2v) is 6.60. The Kier molecular flexibility index (Phi) is 8.53. The molecule has 7 heteroatoms. The van der Waals surface area contributed by atoms with Gasteiger partial charge in [-0.05, 0) is 18.1 Å². The van der Waals surface area contributed by atoms with Gasteiger partial charge in [0.2, 0.25) is 11.8 Å². The zero-order valence-electron chi connectivity index (χ0n) is 15.8. The van der Waals surface area contributed by atoms with Crippen LogP contribution in [0.3, 0.4) is 0 Å². The number of hydrogen-bond donors (Lipinski definition) is 2. The molecular weight excluding hydrogens is 332 g/mol. The van der Waals surface area contributed by atoms with Gasteiger partial charge in [-0.1, -0.05) is 24.3 Å². The number of amides is 2. The third-order valence-electron chi connectivity index (χ3n) is 4.56. The van der Waals surface area contributed by atoms with Crippen LogP contribution in [-0.2, 0) is 20.9 Å². The highest BCUT2D eigenvalue weighted by Crippen LogP contribution is 2.06. The molecule has 1 aliphatic rings.